The fourth-order valence-corrected chi connectivity index (χ4v) is 2.06. The Hall–Kier alpha value is -2.36. The Morgan fingerprint density at radius 2 is 1.90 bits per heavy atom. The molecular weight excluding hydrogens is 250 g/mol. The number of likely N-dealkylation sites (N-methyl/N-ethyl adjacent to an activating group) is 1. The standard InChI is InChI=1S/C16H19N3O/c1-12(13-7-9-18-10-8-13)19(2)16(20)11-14-5-3-4-6-15(14)17/h3-10,12H,11,17H2,1-2H3. The van der Waals surface area contributed by atoms with Crippen LogP contribution in [0.5, 0.6) is 0 Å². The van der Waals surface area contributed by atoms with Crippen LogP contribution in [0.1, 0.15) is 24.1 Å². The molecule has 1 aromatic heterocycles. The number of aromatic nitrogens is 1. The summed E-state index contributed by atoms with van der Waals surface area (Å²) in [6.45, 7) is 2.00. The summed E-state index contributed by atoms with van der Waals surface area (Å²) in [5.41, 5.74) is 8.47. The van der Waals surface area contributed by atoms with Gasteiger partial charge in [0.2, 0.25) is 5.91 Å². The van der Waals surface area contributed by atoms with Crippen LogP contribution in [0.3, 0.4) is 0 Å². The minimum atomic E-state index is 0.00966. The lowest BCUT2D eigenvalue weighted by Gasteiger charge is -2.25. The molecule has 0 aliphatic rings. The molecule has 1 atom stereocenters. The van der Waals surface area contributed by atoms with E-state index in [-0.39, 0.29) is 11.9 Å². The number of carbonyl (C=O) groups excluding carboxylic acids is 1. The SMILES string of the molecule is CC(c1ccncc1)N(C)C(=O)Cc1ccccc1N. The summed E-state index contributed by atoms with van der Waals surface area (Å²) in [7, 11) is 1.81. The molecule has 0 fully saturated rings. The molecule has 0 aliphatic carbocycles. The van der Waals surface area contributed by atoms with Crippen molar-refractivity contribution in [2.75, 3.05) is 12.8 Å². The molecule has 2 aromatic rings. The van der Waals surface area contributed by atoms with E-state index in [9.17, 15) is 4.79 Å². The third-order valence-electron chi connectivity index (χ3n) is 3.56. The van der Waals surface area contributed by atoms with Crippen LogP contribution in [0.15, 0.2) is 48.8 Å². The molecule has 104 valence electrons. The molecule has 2 N–H and O–H groups in total. The molecule has 1 unspecified atom stereocenters. The van der Waals surface area contributed by atoms with Crippen molar-refractivity contribution in [3.8, 4) is 0 Å². The summed E-state index contributed by atoms with van der Waals surface area (Å²) >= 11 is 0. The maximum absolute atomic E-state index is 12.3. The van der Waals surface area contributed by atoms with Crippen LogP contribution in [0, 0.1) is 0 Å². The predicted octanol–water partition coefficient (Wildman–Crippen LogP) is 2.43. The molecule has 0 saturated heterocycles. The summed E-state index contributed by atoms with van der Waals surface area (Å²) in [5, 5.41) is 0. The molecule has 0 saturated carbocycles. The smallest absolute Gasteiger partial charge is 0.227 e. The van der Waals surface area contributed by atoms with Gasteiger partial charge in [-0.1, -0.05) is 18.2 Å². The normalized spacial score (nSPS) is 11.9. The van der Waals surface area contributed by atoms with E-state index >= 15 is 0 Å². The van der Waals surface area contributed by atoms with Crippen LogP contribution in [0.25, 0.3) is 0 Å². The van der Waals surface area contributed by atoms with Crippen molar-refractivity contribution in [2.24, 2.45) is 0 Å². The molecule has 20 heavy (non-hydrogen) atoms. The van der Waals surface area contributed by atoms with Gasteiger partial charge < -0.3 is 10.6 Å². The summed E-state index contributed by atoms with van der Waals surface area (Å²) in [6, 6.07) is 11.3. The third kappa shape index (κ3) is 3.15. The van der Waals surface area contributed by atoms with Gasteiger partial charge in [0.25, 0.3) is 0 Å². The van der Waals surface area contributed by atoms with Gasteiger partial charge in [-0.15, -0.1) is 0 Å². The zero-order valence-electron chi connectivity index (χ0n) is 11.8. The Balaban J connectivity index is 2.08. The molecule has 4 heteroatoms. The minimum Gasteiger partial charge on any atom is -0.398 e. The average molecular weight is 269 g/mol. The first-order valence-corrected chi connectivity index (χ1v) is 6.58. The van der Waals surface area contributed by atoms with E-state index in [1.165, 1.54) is 0 Å². The number of anilines is 1. The van der Waals surface area contributed by atoms with Crippen LogP contribution in [0.4, 0.5) is 5.69 Å². The molecule has 1 heterocycles. The first kappa shape index (κ1) is 14.1. The van der Waals surface area contributed by atoms with Crippen molar-refractivity contribution in [1.82, 2.24) is 9.88 Å². The zero-order valence-corrected chi connectivity index (χ0v) is 11.8. The zero-order chi connectivity index (χ0) is 14.5. The van der Waals surface area contributed by atoms with E-state index in [0.29, 0.717) is 12.1 Å². The van der Waals surface area contributed by atoms with Gasteiger partial charge >= 0.3 is 0 Å². The van der Waals surface area contributed by atoms with E-state index < -0.39 is 0 Å². The Morgan fingerprint density at radius 1 is 1.25 bits per heavy atom. The van der Waals surface area contributed by atoms with Crippen LogP contribution >= 0.6 is 0 Å². The number of nitrogens with two attached hydrogens (primary N) is 1. The van der Waals surface area contributed by atoms with E-state index in [2.05, 4.69) is 4.98 Å². The van der Waals surface area contributed by atoms with Gasteiger partial charge in [0.05, 0.1) is 12.5 Å². The third-order valence-corrected chi connectivity index (χ3v) is 3.56. The van der Waals surface area contributed by atoms with Crippen molar-refractivity contribution >= 4 is 11.6 Å². The lowest BCUT2D eigenvalue weighted by molar-refractivity contribution is -0.131. The van der Waals surface area contributed by atoms with Crippen LogP contribution in [-0.4, -0.2) is 22.8 Å². The molecule has 0 spiro atoms. The number of carbonyl (C=O) groups is 1. The summed E-state index contributed by atoms with van der Waals surface area (Å²) in [4.78, 5) is 18.1. The molecular formula is C16H19N3O. The lowest BCUT2D eigenvalue weighted by atomic mass is 10.1. The number of hydrogen-bond donors (Lipinski definition) is 1. The molecule has 0 aliphatic heterocycles. The van der Waals surface area contributed by atoms with E-state index in [0.717, 1.165) is 11.1 Å². The number of amides is 1. The van der Waals surface area contributed by atoms with E-state index in [1.54, 1.807) is 17.3 Å². The maximum atomic E-state index is 12.3. The molecule has 1 amide bonds. The molecule has 1 aromatic carbocycles. The minimum absolute atomic E-state index is 0.00966. The van der Waals surface area contributed by atoms with Crippen LogP contribution < -0.4 is 5.73 Å². The highest BCUT2D eigenvalue weighted by Gasteiger charge is 2.18. The lowest BCUT2D eigenvalue weighted by Crippen LogP contribution is -2.31. The van der Waals surface area contributed by atoms with Gasteiger partial charge in [-0.25, -0.2) is 0 Å². The Morgan fingerprint density at radius 3 is 2.55 bits per heavy atom. The van der Waals surface area contributed by atoms with Crippen molar-refractivity contribution < 1.29 is 4.79 Å². The second kappa shape index (κ2) is 6.19. The number of nitrogen functional groups attached to an aromatic ring is 1. The van der Waals surface area contributed by atoms with Crippen molar-refractivity contribution in [3.05, 3.63) is 59.9 Å². The number of pyridine rings is 1. The van der Waals surface area contributed by atoms with Crippen molar-refractivity contribution in [3.63, 3.8) is 0 Å². The predicted molar refractivity (Wildman–Crippen MR) is 80.0 cm³/mol. The fourth-order valence-electron chi connectivity index (χ4n) is 2.06. The Bertz CT molecular complexity index is 583. The molecule has 0 bridgehead atoms. The van der Waals surface area contributed by atoms with Gasteiger partial charge in [-0.05, 0) is 36.2 Å². The first-order valence-electron chi connectivity index (χ1n) is 6.58. The number of rotatable bonds is 4. The first-order chi connectivity index (χ1) is 9.59. The fraction of sp³-hybridized carbons (Fsp3) is 0.250. The number of hydrogen-bond acceptors (Lipinski definition) is 3. The van der Waals surface area contributed by atoms with Gasteiger partial charge in [0.1, 0.15) is 0 Å². The molecule has 2 rings (SSSR count). The van der Waals surface area contributed by atoms with Gasteiger partial charge in [0, 0.05) is 25.1 Å². The summed E-state index contributed by atoms with van der Waals surface area (Å²) in [6.07, 6.45) is 3.79. The van der Waals surface area contributed by atoms with Crippen molar-refractivity contribution in [2.45, 2.75) is 19.4 Å². The Kier molecular flexibility index (Phi) is 4.35. The quantitative estimate of drug-likeness (QED) is 0.867. The maximum Gasteiger partial charge on any atom is 0.227 e. The monoisotopic (exact) mass is 269 g/mol. The molecule has 4 nitrogen and oxygen atoms in total. The molecule has 0 radical (unpaired) electrons. The van der Waals surface area contributed by atoms with Crippen LogP contribution in [0.2, 0.25) is 0 Å². The van der Waals surface area contributed by atoms with Gasteiger partial charge in [-0.2, -0.15) is 0 Å². The van der Waals surface area contributed by atoms with Gasteiger partial charge in [0.15, 0.2) is 0 Å². The summed E-state index contributed by atoms with van der Waals surface area (Å²) < 4.78 is 0. The largest absolute Gasteiger partial charge is 0.398 e. The highest BCUT2D eigenvalue weighted by molar-refractivity contribution is 5.80. The van der Waals surface area contributed by atoms with Crippen molar-refractivity contribution in [1.29, 1.82) is 0 Å². The average Bonchev–Trinajstić information content (AvgIpc) is 2.49. The Labute approximate surface area is 119 Å². The van der Waals surface area contributed by atoms with E-state index in [1.807, 2.05) is 50.4 Å². The number of para-hydroxylation sites is 1. The topological polar surface area (TPSA) is 59.2 Å². The van der Waals surface area contributed by atoms with Gasteiger partial charge in [-0.3, -0.25) is 9.78 Å². The van der Waals surface area contributed by atoms with E-state index in [4.69, 9.17) is 5.73 Å². The highest BCUT2D eigenvalue weighted by atomic mass is 16.2. The van der Waals surface area contributed by atoms with Crippen LogP contribution in [-0.2, 0) is 11.2 Å². The second-order valence-electron chi connectivity index (χ2n) is 4.84. The highest BCUT2D eigenvalue weighted by Crippen LogP contribution is 2.20. The number of benzene rings is 1. The second-order valence-corrected chi connectivity index (χ2v) is 4.84. The summed E-state index contributed by atoms with van der Waals surface area (Å²) in [5.74, 6) is 0.0483. The number of nitrogens with zero attached hydrogens (tertiary/aromatic N) is 2.